The Hall–Kier alpha value is -2.69. The quantitative estimate of drug-likeness (QED) is 0.839. The molecule has 0 saturated carbocycles. The molecule has 0 fully saturated rings. The lowest BCUT2D eigenvalue weighted by Gasteiger charge is -2.19. The lowest BCUT2D eigenvalue weighted by Crippen LogP contribution is -2.32. The molecule has 0 aromatic heterocycles. The number of carbonyl (C=O) groups is 1. The summed E-state index contributed by atoms with van der Waals surface area (Å²) in [4.78, 5) is 12.6. The van der Waals surface area contributed by atoms with Gasteiger partial charge in [0.15, 0.2) is 6.10 Å². The van der Waals surface area contributed by atoms with Crippen LogP contribution in [0.2, 0.25) is 0 Å². The fraction of sp³-hybridized carbons (Fsp3) is 0.316. The second-order valence-corrected chi connectivity index (χ2v) is 5.39. The van der Waals surface area contributed by atoms with E-state index in [4.69, 9.17) is 14.2 Å². The molecule has 1 atom stereocenters. The van der Waals surface area contributed by atoms with Crippen molar-refractivity contribution in [1.29, 1.82) is 0 Å². The van der Waals surface area contributed by atoms with Crippen LogP contribution in [0.25, 0.3) is 0 Å². The van der Waals surface area contributed by atoms with Crippen molar-refractivity contribution in [3.8, 4) is 17.2 Å². The number of nitrogens with one attached hydrogen (secondary N) is 1. The van der Waals surface area contributed by atoms with Gasteiger partial charge < -0.3 is 19.5 Å². The lowest BCUT2D eigenvalue weighted by molar-refractivity contribution is -0.122. The maximum absolute atomic E-state index is 12.6. The number of methoxy groups -OCH3 is 2. The number of benzene rings is 2. The molecule has 0 heterocycles. The van der Waals surface area contributed by atoms with E-state index in [-0.39, 0.29) is 5.91 Å². The summed E-state index contributed by atoms with van der Waals surface area (Å²) < 4.78 is 16.3. The summed E-state index contributed by atoms with van der Waals surface area (Å²) in [5.74, 6) is 1.67. The second-order valence-electron chi connectivity index (χ2n) is 5.39. The second kappa shape index (κ2) is 8.24. The number of ether oxygens (including phenoxy) is 3. The van der Waals surface area contributed by atoms with E-state index >= 15 is 0 Å². The predicted molar refractivity (Wildman–Crippen MR) is 94.1 cm³/mol. The van der Waals surface area contributed by atoms with Gasteiger partial charge in [-0.25, -0.2) is 0 Å². The van der Waals surface area contributed by atoms with Crippen molar-refractivity contribution >= 4 is 11.6 Å². The first-order valence-electron chi connectivity index (χ1n) is 7.83. The molecule has 2 aromatic carbocycles. The first kappa shape index (κ1) is 17.7. The average Bonchev–Trinajstić information content (AvgIpc) is 2.60. The molecule has 5 heteroatoms. The molecule has 5 nitrogen and oxygen atoms in total. The van der Waals surface area contributed by atoms with Crippen molar-refractivity contribution < 1.29 is 19.0 Å². The van der Waals surface area contributed by atoms with Crippen molar-refractivity contribution in [3.63, 3.8) is 0 Å². The minimum absolute atomic E-state index is 0.218. The highest BCUT2D eigenvalue weighted by Crippen LogP contribution is 2.26. The Morgan fingerprint density at radius 1 is 1.08 bits per heavy atom. The number of hydrogen-bond acceptors (Lipinski definition) is 4. The van der Waals surface area contributed by atoms with Crippen LogP contribution >= 0.6 is 0 Å². The van der Waals surface area contributed by atoms with Gasteiger partial charge in [0.1, 0.15) is 17.2 Å². The third kappa shape index (κ3) is 4.41. The van der Waals surface area contributed by atoms with E-state index in [2.05, 4.69) is 5.32 Å². The molecular weight excluding hydrogens is 306 g/mol. The summed E-state index contributed by atoms with van der Waals surface area (Å²) in [6.45, 7) is 3.86. The van der Waals surface area contributed by atoms with E-state index in [1.54, 1.807) is 26.4 Å². The number of carbonyl (C=O) groups excluding carboxylic acids is 1. The number of hydrogen-bond donors (Lipinski definition) is 1. The zero-order valence-corrected chi connectivity index (χ0v) is 14.5. The van der Waals surface area contributed by atoms with E-state index in [1.807, 2.05) is 44.2 Å². The first-order chi connectivity index (χ1) is 11.6. The summed E-state index contributed by atoms with van der Waals surface area (Å²) in [6, 6.07) is 12.8. The van der Waals surface area contributed by atoms with Gasteiger partial charge in [0, 0.05) is 6.07 Å². The van der Waals surface area contributed by atoms with Gasteiger partial charge in [-0.15, -0.1) is 0 Å². The topological polar surface area (TPSA) is 56.8 Å². The highest BCUT2D eigenvalue weighted by molar-refractivity contribution is 5.95. The molecular formula is C19H23NO4. The molecule has 1 N–H and O–H groups in total. The predicted octanol–water partition coefficient (Wildman–Crippen LogP) is 3.81. The summed E-state index contributed by atoms with van der Waals surface area (Å²) in [6.07, 6.45) is -0.0701. The van der Waals surface area contributed by atoms with Crippen molar-refractivity contribution in [2.75, 3.05) is 19.5 Å². The minimum atomic E-state index is -0.609. The number of anilines is 1. The molecule has 0 spiro atoms. The zero-order chi connectivity index (χ0) is 17.5. The van der Waals surface area contributed by atoms with Gasteiger partial charge in [-0.2, -0.15) is 0 Å². The molecule has 0 aliphatic heterocycles. The molecule has 0 unspecified atom stereocenters. The third-order valence-corrected chi connectivity index (χ3v) is 3.60. The highest BCUT2D eigenvalue weighted by Gasteiger charge is 2.20. The van der Waals surface area contributed by atoms with Gasteiger partial charge in [-0.1, -0.05) is 19.1 Å². The smallest absolute Gasteiger partial charge is 0.265 e. The molecule has 2 aromatic rings. The Morgan fingerprint density at radius 2 is 1.83 bits per heavy atom. The van der Waals surface area contributed by atoms with Crippen molar-refractivity contribution in [2.45, 2.75) is 26.4 Å². The zero-order valence-electron chi connectivity index (χ0n) is 14.5. The Labute approximate surface area is 142 Å². The first-order valence-corrected chi connectivity index (χ1v) is 7.83. The van der Waals surface area contributed by atoms with Gasteiger partial charge in [-0.3, -0.25) is 4.79 Å². The van der Waals surface area contributed by atoms with Crippen molar-refractivity contribution in [3.05, 3.63) is 48.0 Å². The van der Waals surface area contributed by atoms with Gasteiger partial charge in [0.2, 0.25) is 0 Å². The molecule has 0 bridgehead atoms. The Bertz CT molecular complexity index is 700. The Balaban J connectivity index is 2.12. The van der Waals surface area contributed by atoms with Crippen LogP contribution in [0.3, 0.4) is 0 Å². The maximum atomic E-state index is 12.6. The molecule has 2 rings (SSSR count). The summed E-state index contributed by atoms with van der Waals surface area (Å²) in [7, 11) is 3.16. The molecule has 0 aliphatic carbocycles. The van der Waals surface area contributed by atoms with Crippen LogP contribution in [0.1, 0.15) is 18.9 Å². The molecule has 1 amide bonds. The number of amides is 1. The van der Waals surface area contributed by atoms with Crippen LogP contribution in [0.15, 0.2) is 42.5 Å². The summed E-state index contributed by atoms with van der Waals surface area (Å²) >= 11 is 0. The maximum Gasteiger partial charge on any atom is 0.265 e. The van der Waals surface area contributed by atoms with Gasteiger partial charge in [0.05, 0.1) is 19.9 Å². The van der Waals surface area contributed by atoms with E-state index in [9.17, 15) is 4.79 Å². The van der Waals surface area contributed by atoms with E-state index < -0.39 is 6.10 Å². The van der Waals surface area contributed by atoms with Crippen molar-refractivity contribution in [2.24, 2.45) is 0 Å². The Kier molecular flexibility index (Phi) is 6.07. The fourth-order valence-corrected chi connectivity index (χ4v) is 2.29. The molecule has 0 aliphatic rings. The van der Waals surface area contributed by atoms with Crippen LogP contribution in [-0.4, -0.2) is 26.2 Å². The normalized spacial score (nSPS) is 11.5. The molecule has 24 heavy (non-hydrogen) atoms. The Morgan fingerprint density at radius 3 is 2.50 bits per heavy atom. The van der Waals surface area contributed by atoms with Crippen LogP contribution < -0.4 is 19.5 Å². The molecule has 0 saturated heterocycles. The van der Waals surface area contributed by atoms with E-state index in [0.29, 0.717) is 29.4 Å². The van der Waals surface area contributed by atoms with Gasteiger partial charge in [-0.05, 0) is 43.2 Å². The highest BCUT2D eigenvalue weighted by atomic mass is 16.5. The van der Waals surface area contributed by atoms with Crippen LogP contribution in [0.5, 0.6) is 17.2 Å². The van der Waals surface area contributed by atoms with E-state index in [1.165, 1.54) is 0 Å². The minimum Gasteiger partial charge on any atom is -0.497 e. The third-order valence-electron chi connectivity index (χ3n) is 3.60. The van der Waals surface area contributed by atoms with Gasteiger partial charge >= 0.3 is 0 Å². The number of rotatable bonds is 7. The van der Waals surface area contributed by atoms with E-state index in [0.717, 1.165) is 5.56 Å². The standard InChI is InChI=1S/C19H23NO4/c1-5-17(24-15-8-6-7-14(12-15)22-3)19(21)20-16-11-13(2)9-10-18(16)23-4/h6-12,17H,5H2,1-4H3,(H,20,21)/t17-/m0/s1. The summed E-state index contributed by atoms with van der Waals surface area (Å²) in [5, 5.41) is 2.88. The number of aryl methyl sites for hydroxylation is 1. The van der Waals surface area contributed by atoms with Crippen LogP contribution in [0, 0.1) is 6.92 Å². The lowest BCUT2D eigenvalue weighted by atomic mass is 10.2. The fourth-order valence-electron chi connectivity index (χ4n) is 2.29. The largest absolute Gasteiger partial charge is 0.497 e. The molecule has 128 valence electrons. The average molecular weight is 329 g/mol. The van der Waals surface area contributed by atoms with Crippen LogP contribution in [-0.2, 0) is 4.79 Å². The van der Waals surface area contributed by atoms with Crippen LogP contribution in [0.4, 0.5) is 5.69 Å². The summed E-state index contributed by atoms with van der Waals surface area (Å²) in [5.41, 5.74) is 1.67. The SMILES string of the molecule is CC[C@H](Oc1cccc(OC)c1)C(=O)Nc1cc(C)ccc1OC. The molecule has 0 radical (unpaired) electrons. The monoisotopic (exact) mass is 329 g/mol. The van der Waals surface area contributed by atoms with Crippen molar-refractivity contribution in [1.82, 2.24) is 0 Å². The van der Waals surface area contributed by atoms with Gasteiger partial charge in [0.25, 0.3) is 5.91 Å².